The smallest absolute Gasteiger partial charge is 0.319 e. The number of nitrogens with zero attached hydrogens (tertiary/aromatic N) is 2. The molecule has 0 saturated carbocycles. The summed E-state index contributed by atoms with van der Waals surface area (Å²) >= 11 is 0. The van der Waals surface area contributed by atoms with E-state index in [1.54, 1.807) is 30.5 Å². The number of hydrogen-bond donors (Lipinski definition) is 3. The third-order valence-electron chi connectivity index (χ3n) is 4.16. The molecule has 0 aliphatic carbocycles. The molecule has 1 heterocycles. The molecule has 0 aliphatic rings. The number of nitrogens with one attached hydrogen (secondary N) is 3. The maximum Gasteiger partial charge on any atom is 0.319 e. The summed E-state index contributed by atoms with van der Waals surface area (Å²) in [5, 5.41) is 8.39. The number of carbonyl (C=O) groups is 2. The van der Waals surface area contributed by atoms with Crippen LogP contribution in [0.25, 0.3) is 0 Å². The average Bonchev–Trinajstić information content (AvgIpc) is 2.73. The Hall–Kier alpha value is -3.87. The van der Waals surface area contributed by atoms with Gasteiger partial charge in [-0.1, -0.05) is 18.2 Å². The van der Waals surface area contributed by atoms with E-state index in [-0.39, 0.29) is 11.9 Å². The van der Waals surface area contributed by atoms with Gasteiger partial charge in [0.25, 0.3) is 5.91 Å². The fraction of sp³-hybridized carbons (Fsp3) is 0.136. The molecular weight excluding hydrogens is 366 g/mol. The third kappa shape index (κ3) is 5.80. The molecule has 0 fully saturated rings. The summed E-state index contributed by atoms with van der Waals surface area (Å²) in [4.78, 5) is 30.5. The number of amides is 3. The molecule has 0 unspecified atom stereocenters. The van der Waals surface area contributed by atoms with Crippen molar-refractivity contribution >= 4 is 29.1 Å². The van der Waals surface area contributed by atoms with Crippen LogP contribution in [0.2, 0.25) is 0 Å². The monoisotopic (exact) mass is 389 g/mol. The van der Waals surface area contributed by atoms with Crippen molar-refractivity contribution in [2.24, 2.45) is 0 Å². The molecule has 29 heavy (non-hydrogen) atoms. The molecule has 2 aromatic carbocycles. The summed E-state index contributed by atoms with van der Waals surface area (Å²) in [6.07, 6.45) is 1.71. The Morgan fingerprint density at radius 1 is 0.897 bits per heavy atom. The minimum Gasteiger partial charge on any atom is -0.363 e. The highest BCUT2D eigenvalue weighted by molar-refractivity contribution is 6.04. The van der Waals surface area contributed by atoms with Crippen molar-refractivity contribution in [1.82, 2.24) is 10.3 Å². The summed E-state index contributed by atoms with van der Waals surface area (Å²) < 4.78 is 0. The van der Waals surface area contributed by atoms with E-state index in [1.807, 2.05) is 61.5 Å². The van der Waals surface area contributed by atoms with Gasteiger partial charge in [0.1, 0.15) is 5.82 Å². The van der Waals surface area contributed by atoms with E-state index < -0.39 is 0 Å². The van der Waals surface area contributed by atoms with Crippen LogP contribution in [-0.2, 0) is 6.54 Å². The lowest BCUT2D eigenvalue weighted by molar-refractivity contribution is 0.102. The van der Waals surface area contributed by atoms with E-state index in [0.717, 1.165) is 17.1 Å². The fourth-order valence-corrected chi connectivity index (χ4v) is 2.60. The Morgan fingerprint density at radius 2 is 1.59 bits per heavy atom. The molecule has 0 radical (unpaired) electrons. The lowest BCUT2D eigenvalue weighted by Gasteiger charge is -2.13. The molecule has 1 aromatic heterocycles. The Balaban J connectivity index is 1.52. The number of rotatable bonds is 6. The average molecular weight is 389 g/mol. The van der Waals surface area contributed by atoms with Crippen molar-refractivity contribution in [3.8, 4) is 0 Å². The Kier molecular flexibility index (Phi) is 6.42. The molecule has 7 nitrogen and oxygen atoms in total. The van der Waals surface area contributed by atoms with Crippen molar-refractivity contribution in [2.45, 2.75) is 6.54 Å². The largest absolute Gasteiger partial charge is 0.363 e. The second kappa shape index (κ2) is 9.36. The van der Waals surface area contributed by atoms with Crippen LogP contribution in [0.5, 0.6) is 0 Å². The van der Waals surface area contributed by atoms with Gasteiger partial charge in [-0.2, -0.15) is 0 Å². The summed E-state index contributed by atoms with van der Waals surface area (Å²) in [5.74, 6) is 0.621. The third-order valence-corrected chi connectivity index (χ3v) is 4.16. The number of aromatic nitrogens is 1. The first-order valence-corrected chi connectivity index (χ1v) is 9.15. The van der Waals surface area contributed by atoms with Gasteiger partial charge in [-0.3, -0.25) is 4.79 Å². The number of para-hydroxylation sites is 1. The van der Waals surface area contributed by atoms with E-state index in [2.05, 4.69) is 20.9 Å². The maximum absolute atomic E-state index is 12.3. The minimum atomic E-state index is -0.324. The molecule has 0 saturated heterocycles. The highest BCUT2D eigenvalue weighted by atomic mass is 16.2. The Labute approximate surface area is 169 Å². The predicted octanol–water partition coefficient (Wildman–Crippen LogP) is 3.72. The molecule has 0 atom stereocenters. The van der Waals surface area contributed by atoms with Gasteiger partial charge >= 0.3 is 6.03 Å². The topological polar surface area (TPSA) is 86.4 Å². The van der Waals surface area contributed by atoms with Gasteiger partial charge in [0, 0.05) is 43.8 Å². The molecule has 0 spiro atoms. The van der Waals surface area contributed by atoms with E-state index in [1.165, 1.54) is 0 Å². The molecule has 3 N–H and O–H groups in total. The van der Waals surface area contributed by atoms with Crippen molar-refractivity contribution in [3.63, 3.8) is 0 Å². The number of urea groups is 1. The molecule has 7 heteroatoms. The SMILES string of the molecule is CN(C)c1cc(CNC(=O)Nc2ccc(C(=O)Nc3ccccc3)cc2)ccn1. The number of hydrogen-bond acceptors (Lipinski definition) is 4. The molecule has 3 rings (SSSR count). The summed E-state index contributed by atoms with van der Waals surface area (Å²) in [6, 6.07) is 19.4. The van der Waals surface area contributed by atoms with Crippen LogP contribution in [0.4, 0.5) is 22.0 Å². The highest BCUT2D eigenvalue weighted by Gasteiger charge is 2.07. The van der Waals surface area contributed by atoms with E-state index in [9.17, 15) is 9.59 Å². The van der Waals surface area contributed by atoms with Crippen LogP contribution < -0.4 is 20.9 Å². The molecule has 3 amide bonds. The standard InChI is InChI=1S/C22H23N5O2/c1-27(2)20-14-16(12-13-23-20)15-24-22(29)26-19-10-8-17(9-11-19)21(28)25-18-6-4-3-5-7-18/h3-14H,15H2,1-2H3,(H,25,28)(H2,24,26,29). The predicted molar refractivity (Wildman–Crippen MR) is 115 cm³/mol. The van der Waals surface area contributed by atoms with Crippen molar-refractivity contribution < 1.29 is 9.59 Å². The van der Waals surface area contributed by atoms with Crippen molar-refractivity contribution in [1.29, 1.82) is 0 Å². The quantitative estimate of drug-likeness (QED) is 0.600. The zero-order valence-electron chi connectivity index (χ0n) is 16.3. The van der Waals surface area contributed by atoms with Gasteiger partial charge in [-0.05, 0) is 54.1 Å². The number of benzene rings is 2. The first-order chi connectivity index (χ1) is 14.0. The fourth-order valence-electron chi connectivity index (χ4n) is 2.60. The van der Waals surface area contributed by atoms with Gasteiger partial charge in [-0.15, -0.1) is 0 Å². The normalized spacial score (nSPS) is 10.1. The second-order valence-corrected chi connectivity index (χ2v) is 6.62. The number of anilines is 3. The van der Waals surface area contributed by atoms with Crippen LogP contribution in [-0.4, -0.2) is 31.0 Å². The lowest BCUT2D eigenvalue weighted by Crippen LogP contribution is -2.28. The summed E-state index contributed by atoms with van der Waals surface area (Å²) in [5.41, 5.74) is 2.79. The van der Waals surface area contributed by atoms with Gasteiger partial charge in [0.05, 0.1) is 0 Å². The van der Waals surface area contributed by atoms with Crippen molar-refractivity contribution in [2.75, 3.05) is 29.6 Å². The second-order valence-electron chi connectivity index (χ2n) is 6.62. The van der Waals surface area contributed by atoms with Crippen molar-refractivity contribution in [3.05, 3.63) is 84.1 Å². The Morgan fingerprint density at radius 3 is 2.28 bits per heavy atom. The van der Waals surface area contributed by atoms with Crippen LogP contribution in [0.1, 0.15) is 15.9 Å². The van der Waals surface area contributed by atoms with E-state index in [4.69, 9.17) is 0 Å². The zero-order chi connectivity index (χ0) is 20.6. The van der Waals surface area contributed by atoms with Gasteiger partial charge in [0.15, 0.2) is 0 Å². The van der Waals surface area contributed by atoms with E-state index in [0.29, 0.717) is 17.8 Å². The van der Waals surface area contributed by atoms with E-state index >= 15 is 0 Å². The van der Waals surface area contributed by atoms with Crippen LogP contribution >= 0.6 is 0 Å². The summed E-state index contributed by atoms with van der Waals surface area (Å²) in [6.45, 7) is 0.382. The minimum absolute atomic E-state index is 0.207. The van der Waals surface area contributed by atoms with Crippen LogP contribution in [0, 0.1) is 0 Å². The Bertz CT molecular complexity index is 972. The lowest BCUT2D eigenvalue weighted by atomic mass is 10.2. The van der Waals surface area contributed by atoms with Gasteiger partial charge in [-0.25, -0.2) is 9.78 Å². The first-order valence-electron chi connectivity index (χ1n) is 9.15. The zero-order valence-corrected chi connectivity index (χ0v) is 16.3. The van der Waals surface area contributed by atoms with Crippen LogP contribution in [0.3, 0.4) is 0 Å². The highest BCUT2D eigenvalue weighted by Crippen LogP contribution is 2.13. The van der Waals surface area contributed by atoms with Gasteiger partial charge < -0.3 is 20.9 Å². The first kappa shape index (κ1) is 19.9. The van der Waals surface area contributed by atoms with Gasteiger partial charge in [0.2, 0.25) is 0 Å². The molecule has 3 aromatic rings. The molecule has 148 valence electrons. The van der Waals surface area contributed by atoms with Crippen LogP contribution in [0.15, 0.2) is 72.9 Å². The maximum atomic E-state index is 12.3. The number of pyridine rings is 1. The molecule has 0 bridgehead atoms. The number of carbonyl (C=O) groups excluding carboxylic acids is 2. The summed E-state index contributed by atoms with van der Waals surface area (Å²) in [7, 11) is 3.83. The molecule has 0 aliphatic heterocycles. The molecular formula is C22H23N5O2.